The van der Waals surface area contributed by atoms with Crippen LogP contribution in [0.3, 0.4) is 0 Å². The second-order valence-corrected chi connectivity index (χ2v) is 4.13. The number of hydrogen-bond donors (Lipinski definition) is 1. The first-order valence-corrected chi connectivity index (χ1v) is 5.51. The molecule has 1 aliphatic heterocycles. The highest BCUT2D eigenvalue weighted by Crippen LogP contribution is 2.27. The van der Waals surface area contributed by atoms with Gasteiger partial charge in [0.05, 0.1) is 0 Å². The van der Waals surface area contributed by atoms with Gasteiger partial charge in [-0.15, -0.1) is 0 Å². The first kappa shape index (κ1) is 11.5. The smallest absolute Gasteiger partial charge is 0.159 e. The van der Waals surface area contributed by atoms with Gasteiger partial charge in [-0.05, 0) is 37.1 Å². The Balaban J connectivity index is 2.12. The minimum absolute atomic E-state index is 0.207. The molecule has 1 N–H and O–H groups in total. The van der Waals surface area contributed by atoms with Gasteiger partial charge in [0.1, 0.15) is 6.17 Å². The zero-order valence-corrected chi connectivity index (χ0v) is 8.85. The molecule has 2 atom stereocenters. The molecule has 2 unspecified atom stereocenters. The lowest BCUT2D eigenvalue weighted by molar-refractivity contribution is 0.220. The van der Waals surface area contributed by atoms with E-state index in [0.29, 0.717) is 0 Å². The third kappa shape index (κ3) is 2.38. The summed E-state index contributed by atoms with van der Waals surface area (Å²) in [6, 6.07) is 2.94. The summed E-state index contributed by atoms with van der Waals surface area (Å²) in [5.41, 5.74) is 0.207. The Bertz CT molecular complexity index is 361. The molecule has 0 saturated carbocycles. The Morgan fingerprint density at radius 2 is 2.00 bits per heavy atom. The molecule has 1 aliphatic rings. The molecule has 0 radical (unpaired) electrons. The van der Waals surface area contributed by atoms with E-state index >= 15 is 0 Å². The molecule has 88 valence electrons. The van der Waals surface area contributed by atoms with E-state index in [1.54, 1.807) is 0 Å². The van der Waals surface area contributed by atoms with Gasteiger partial charge in [0.15, 0.2) is 11.6 Å². The molecule has 16 heavy (non-hydrogen) atoms. The van der Waals surface area contributed by atoms with Crippen LogP contribution in [0.25, 0.3) is 0 Å². The highest BCUT2D eigenvalue weighted by molar-refractivity contribution is 5.21. The standard InChI is InChI=1S/C12H14F3N/c13-9-5-4-8(7-10(9)14)12(15)11-3-1-2-6-16-11/h4-5,7,11-12,16H,1-3,6H2. The van der Waals surface area contributed by atoms with Gasteiger partial charge in [0, 0.05) is 6.04 Å². The Hall–Kier alpha value is -1.03. The van der Waals surface area contributed by atoms with Crippen LogP contribution in [-0.2, 0) is 0 Å². The van der Waals surface area contributed by atoms with Crippen LogP contribution in [0, 0.1) is 11.6 Å². The lowest BCUT2D eigenvalue weighted by atomic mass is 9.96. The van der Waals surface area contributed by atoms with Gasteiger partial charge < -0.3 is 5.32 Å². The number of benzene rings is 1. The van der Waals surface area contributed by atoms with Crippen molar-refractivity contribution in [1.82, 2.24) is 5.32 Å². The molecular formula is C12H14F3N. The number of nitrogens with one attached hydrogen (secondary N) is 1. The summed E-state index contributed by atoms with van der Waals surface area (Å²) in [6.45, 7) is 0.786. The molecule has 0 aliphatic carbocycles. The third-order valence-corrected chi connectivity index (χ3v) is 2.96. The van der Waals surface area contributed by atoms with Gasteiger partial charge in [-0.2, -0.15) is 0 Å². The summed E-state index contributed by atoms with van der Waals surface area (Å²) in [5.74, 6) is -1.93. The van der Waals surface area contributed by atoms with Crippen molar-refractivity contribution in [2.75, 3.05) is 6.54 Å². The fourth-order valence-electron chi connectivity index (χ4n) is 2.04. The van der Waals surface area contributed by atoms with Gasteiger partial charge in [0.2, 0.25) is 0 Å². The molecule has 0 bridgehead atoms. The van der Waals surface area contributed by atoms with Crippen LogP contribution in [0.5, 0.6) is 0 Å². The summed E-state index contributed by atoms with van der Waals surface area (Å²) in [4.78, 5) is 0. The Kier molecular flexibility index (Phi) is 3.49. The Morgan fingerprint density at radius 3 is 2.62 bits per heavy atom. The van der Waals surface area contributed by atoms with E-state index in [2.05, 4.69) is 5.32 Å². The lowest BCUT2D eigenvalue weighted by Crippen LogP contribution is -2.37. The topological polar surface area (TPSA) is 12.0 Å². The monoisotopic (exact) mass is 229 g/mol. The first-order chi connectivity index (χ1) is 7.68. The molecule has 0 aromatic heterocycles. The summed E-state index contributed by atoms with van der Waals surface area (Å²) < 4.78 is 39.6. The molecule has 1 fully saturated rings. The van der Waals surface area contributed by atoms with Crippen molar-refractivity contribution >= 4 is 0 Å². The summed E-state index contributed by atoms with van der Waals surface area (Å²) in [6.07, 6.45) is 1.48. The molecule has 1 aromatic carbocycles. The van der Waals surface area contributed by atoms with Crippen molar-refractivity contribution in [3.63, 3.8) is 0 Å². The molecule has 1 heterocycles. The molecule has 1 aromatic rings. The maximum atomic E-state index is 14.0. The van der Waals surface area contributed by atoms with Crippen molar-refractivity contribution < 1.29 is 13.2 Å². The molecule has 2 rings (SSSR count). The van der Waals surface area contributed by atoms with E-state index in [0.717, 1.165) is 37.9 Å². The van der Waals surface area contributed by atoms with E-state index < -0.39 is 17.8 Å². The van der Waals surface area contributed by atoms with E-state index in [4.69, 9.17) is 0 Å². The number of hydrogen-bond acceptors (Lipinski definition) is 1. The van der Waals surface area contributed by atoms with Crippen molar-refractivity contribution in [3.8, 4) is 0 Å². The SMILES string of the molecule is Fc1ccc(C(F)C2CCCCN2)cc1F. The third-order valence-electron chi connectivity index (χ3n) is 2.96. The number of alkyl halides is 1. The van der Waals surface area contributed by atoms with Crippen LogP contribution in [0.2, 0.25) is 0 Å². The van der Waals surface area contributed by atoms with Crippen LogP contribution in [0.4, 0.5) is 13.2 Å². The van der Waals surface area contributed by atoms with Crippen LogP contribution in [0.1, 0.15) is 31.0 Å². The van der Waals surface area contributed by atoms with Crippen molar-refractivity contribution in [3.05, 3.63) is 35.4 Å². The highest BCUT2D eigenvalue weighted by Gasteiger charge is 2.24. The number of rotatable bonds is 2. The second kappa shape index (κ2) is 4.87. The van der Waals surface area contributed by atoms with Gasteiger partial charge in [-0.25, -0.2) is 13.2 Å². The first-order valence-electron chi connectivity index (χ1n) is 5.51. The fourth-order valence-corrected chi connectivity index (χ4v) is 2.04. The molecule has 1 saturated heterocycles. The van der Waals surface area contributed by atoms with E-state index in [1.165, 1.54) is 6.07 Å². The minimum atomic E-state index is -1.27. The average Bonchev–Trinajstić information content (AvgIpc) is 2.33. The molecule has 0 amide bonds. The lowest BCUT2D eigenvalue weighted by Gasteiger charge is -2.26. The number of piperidine rings is 1. The largest absolute Gasteiger partial charge is 0.311 e. The molecule has 0 spiro atoms. The summed E-state index contributed by atoms with van der Waals surface area (Å²) in [5, 5.41) is 3.06. The van der Waals surface area contributed by atoms with E-state index in [9.17, 15) is 13.2 Å². The van der Waals surface area contributed by atoms with Gasteiger partial charge in [-0.3, -0.25) is 0 Å². The molecule has 1 nitrogen and oxygen atoms in total. The normalized spacial score (nSPS) is 23.1. The molecular weight excluding hydrogens is 215 g/mol. The Morgan fingerprint density at radius 1 is 1.19 bits per heavy atom. The number of halogens is 3. The summed E-state index contributed by atoms with van der Waals surface area (Å²) in [7, 11) is 0. The van der Waals surface area contributed by atoms with Gasteiger partial charge >= 0.3 is 0 Å². The fraction of sp³-hybridized carbons (Fsp3) is 0.500. The van der Waals surface area contributed by atoms with Gasteiger partial charge in [0.25, 0.3) is 0 Å². The predicted molar refractivity (Wildman–Crippen MR) is 55.8 cm³/mol. The van der Waals surface area contributed by atoms with Crippen LogP contribution >= 0.6 is 0 Å². The van der Waals surface area contributed by atoms with Crippen LogP contribution < -0.4 is 5.32 Å². The average molecular weight is 229 g/mol. The highest BCUT2D eigenvalue weighted by atomic mass is 19.2. The van der Waals surface area contributed by atoms with Gasteiger partial charge in [-0.1, -0.05) is 12.5 Å². The van der Waals surface area contributed by atoms with Crippen molar-refractivity contribution in [1.29, 1.82) is 0 Å². The van der Waals surface area contributed by atoms with E-state index in [1.807, 2.05) is 0 Å². The Labute approximate surface area is 92.7 Å². The van der Waals surface area contributed by atoms with Crippen LogP contribution in [-0.4, -0.2) is 12.6 Å². The van der Waals surface area contributed by atoms with Crippen molar-refractivity contribution in [2.45, 2.75) is 31.5 Å². The van der Waals surface area contributed by atoms with E-state index in [-0.39, 0.29) is 11.6 Å². The zero-order valence-electron chi connectivity index (χ0n) is 8.85. The maximum Gasteiger partial charge on any atom is 0.159 e. The maximum absolute atomic E-state index is 14.0. The zero-order chi connectivity index (χ0) is 11.5. The predicted octanol–water partition coefficient (Wildman–Crippen LogP) is 3.12. The molecule has 4 heteroatoms. The van der Waals surface area contributed by atoms with Crippen LogP contribution in [0.15, 0.2) is 18.2 Å². The summed E-state index contributed by atoms with van der Waals surface area (Å²) >= 11 is 0. The second-order valence-electron chi connectivity index (χ2n) is 4.13. The quantitative estimate of drug-likeness (QED) is 0.821. The minimum Gasteiger partial charge on any atom is -0.311 e. The van der Waals surface area contributed by atoms with Crippen molar-refractivity contribution in [2.24, 2.45) is 0 Å².